The van der Waals surface area contributed by atoms with Crippen molar-refractivity contribution in [1.82, 2.24) is 4.90 Å². The van der Waals surface area contributed by atoms with E-state index in [0.717, 1.165) is 26.0 Å². The van der Waals surface area contributed by atoms with Crippen LogP contribution in [0.15, 0.2) is 42.5 Å². The van der Waals surface area contributed by atoms with Gasteiger partial charge in [-0.15, -0.1) is 0 Å². The SMILES string of the molecule is CO[C@]12CC[C@@]3(C[C@H]1COCc1ccccc1)[C@H]1Cc4ccc(C)c5c4[C@@]3(CCN1C)[C@H]2O5. The predicted molar refractivity (Wildman–Crippen MR) is 128 cm³/mol. The van der Waals surface area contributed by atoms with Crippen LogP contribution in [0.4, 0.5) is 0 Å². The van der Waals surface area contributed by atoms with Crippen molar-refractivity contribution in [3.8, 4) is 5.75 Å². The van der Waals surface area contributed by atoms with Crippen molar-refractivity contribution >= 4 is 0 Å². The summed E-state index contributed by atoms with van der Waals surface area (Å²) in [5, 5.41) is 0. The normalized spacial score (nSPS) is 39.9. The van der Waals surface area contributed by atoms with E-state index >= 15 is 0 Å². The van der Waals surface area contributed by atoms with E-state index in [1.165, 1.54) is 41.7 Å². The minimum Gasteiger partial charge on any atom is -0.486 e. The van der Waals surface area contributed by atoms with Gasteiger partial charge in [0.15, 0.2) is 0 Å². The molecule has 33 heavy (non-hydrogen) atoms. The molecule has 2 spiro atoms. The number of aryl methyl sites for hydroxylation is 1. The van der Waals surface area contributed by atoms with Crippen LogP contribution in [-0.4, -0.2) is 50.0 Å². The van der Waals surface area contributed by atoms with Crippen molar-refractivity contribution in [1.29, 1.82) is 0 Å². The zero-order valence-electron chi connectivity index (χ0n) is 20.1. The van der Waals surface area contributed by atoms with Crippen molar-refractivity contribution in [3.63, 3.8) is 0 Å². The maximum atomic E-state index is 7.06. The van der Waals surface area contributed by atoms with Gasteiger partial charge in [-0.2, -0.15) is 0 Å². The number of methoxy groups -OCH3 is 1. The topological polar surface area (TPSA) is 30.9 Å². The fraction of sp³-hybridized carbons (Fsp3) is 0.586. The van der Waals surface area contributed by atoms with Gasteiger partial charge in [0, 0.05) is 35.5 Å². The molecular weight excluding hydrogens is 410 g/mol. The van der Waals surface area contributed by atoms with Crippen LogP contribution < -0.4 is 4.74 Å². The molecule has 4 bridgehead atoms. The van der Waals surface area contributed by atoms with Gasteiger partial charge in [0.25, 0.3) is 0 Å². The second-order valence-electron chi connectivity index (χ2n) is 11.4. The lowest BCUT2D eigenvalue weighted by molar-refractivity contribution is -0.282. The highest BCUT2D eigenvalue weighted by atomic mass is 16.6. The standard InChI is InChI=1S/C29H35NO3/c1-19-9-10-21-15-23-27-11-12-29(31-3,22(16-27)18-32-17-20-7-5-4-6-8-20)26-28(27,13-14-30(23)2)24(21)25(19)33-26/h4-10,22-23,26H,11-18H2,1-3H3/t22-,23+,26+,27+,28-,29+/m0/s1. The molecule has 1 saturated heterocycles. The minimum absolute atomic E-state index is 0.0866. The lowest BCUT2D eigenvalue weighted by atomic mass is 9.35. The molecule has 0 N–H and O–H groups in total. The quantitative estimate of drug-likeness (QED) is 0.670. The van der Waals surface area contributed by atoms with Gasteiger partial charge in [0.2, 0.25) is 0 Å². The number of fused-ring (bicyclic) bond motifs is 2. The first-order chi connectivity index (χ1) is 16.1. The molecular formula is C29H35NO3. The molecule has 174 valence electrons. The number of hydrogen-bond acceptors (Lipinski definition) is 4. The molecule has 6 aliphatic rings. The Hall–Kier alpha value is -1.88. The maximum Gasteiger partial charge on any atom is 0.138 e. The number of nitrogens with zero attached hydrogens (tertiary/aromatic N) is 1. The number of ether oxygens (including phenoxy) is 3. The van der Waals surface area contributed by atoms with Gasteiger partial charge in [-0.1, -0.05) is 42.5 Å². The Morgan fingerprint density at radius 3 is 2.76 bits per heavy atom. The van der Waals surface area contributed by atoms with Crippen LogP contribution in [0, 0.1) is 18.3 Å². The molecule has 2 aliphatic heterocycles. The van der Waals surface area contributed by atoms with Gasteiger partial charge in [-0.3, -0.25) is 0 Å². The third-order valence-electron chi connectivity index (χ3n) is 10.4. The Bertz CT molecular complexity index is 1100. The number of likely N-dealkylation sites (N-methyl/N-ethyl adjacent to an activating group) is 1. The molecule has 2 aromatic rings. The average Bonchev–Trinajstić information content (AvgIpc) is 3.21. The Morgan fingerprint density at radius 2 is 1.94 bits per heavy atom. The summed E-state index contributed by atoms with van der Waals surface area (Å²) in [5.41, 5.74) is 5.66. The van der Waals surface area contributed by atoms with Gasteiger partial charge in [-0.05, 0) is 69.3 Å². The minimum atomic E-state index is -0.279. The number of likely N-dealkylation sites (tertiary alicyclic amines) is 1. The summed E-state index contributed by atoms with van der Waals surface area (Å²) in [4.78, 5) is 2.66. The predicted octanol–water partition coefficient (Wildman–Crippen LogP) is 4.66. The first kappa shape index (κ1) is 20.5. The van der Waals surface area contributed by atoms with Gasteiger partial charge >= 0.3 is 0 Å². The van der Waals surface area contributed by atoms with Crippen molar-refractivity contribution in [2.45, 2.75) is 68.8 Å². The first-order valence-corrected chi connectivity index (χ1v) is 12.7. The van der Waals surface area contributed by atoms with Crippen LogP contribution in [0.25, 0.3) is 0 Å². The molecule has 2 heterocycles. The van der Waals surface area contributed by atoms with Crippen LogP contribution in [-0.2, 0) is 27.9 Å². The van der Waals surface area contributed by atoms with Gasteiger partial charge < -0.3 is 19.1 Å². The molecule has 8 rings (SSSR count). The van der Waals surface area contributed by atoms with Crippen molar-refractivity contribution in [3.05, 3.63) is 64.7 Å². The van der Waals surface area contributed by atoms with Gasteiger partial charge in [0.05, 0.1) is 13.2 Å². The summed E-state index contributed by atoms with van der Waals surface area (Å²) < 4.78 is 20.0. The molecule has 6 atom stereocenters. The van der Waals surface area contributed by atoms with E-state index in [4.69, 9.17) is 14.2 Å². The molecule has 4 heteroatoms. The van der Waals surface area contributed by atoms with E-state index in [1.54, 1.807) is 5.56 Å². The summed E-state index contributed by atoms with van der Waals surface area (Å²) in [6.45, 7) is 4.76. The van der Waals surface area contributed by atoms with Crippen LogP contribution in [0.3, 0.4) is 0 Å². The zero-order chi connectivity index (χ0) is 22.4. The fourth-order valence-corrected chi connectivity index (χ4v) is 9.07. The maximum absolute atomic E-state index is 7.06. The van der Waals surface area contributed by atoms with E-state index in [0.29, 0.717) is 18.6 Å². The highest BCUT2D eigenvalue weighted by Gasteiger charge is 2.80. The Morgan fingerprint density at radius 1 is 1.09 bits per heavy atom. The smallest absolute Gasteiger partial charge is 0.138 e. The third-order valence-corrected chi connectivity index (χ3v) is 10.4. The van der Waals surface area contributed by atoms with Gasteiger partial charge in [0.1, 0.15) is 17.5 Å². The highest BCUT2D eigenvalue weighted by Crippen LogP contribution is 2.76. The number of benzene rings is 2. The molecule has 0 amide bonds. The monoisotopic (exact) mass is 445 g/mol. The molecule has 0 aromatic heterocycles. The summed E-state index contributed by atoms with van der Waals surface area (Å²) in [7, 11) is 4.28. The first-order valence-electron chi connectivity index (χ1n) is 12.7. The van der Waals surface area contributed by atoms with E-state index in [-0.39, 0.29) is 22.5 Å². The van der Waals surface area contributed by atoms with Crippen molar-refractivity contribution < 1.29 is 14.2 Å². The molecule has 0 unspecified atom stereocenters. The highest BCUT2D eigenvalue weighted by molar-refractivity contribution is 5.61. The van der Waals surface area contributed by atoms with Crippen LogP contribution in [0.5, 0.6) is 5.75 Å². The average molecular weight is 446 g/mol. The van der Waals surface area contributed by atoms with Crippen LogP contribution in [0.2, 0.25) is 0 Å². The Labute approximate surface area is 197 Å². The molecule has 4 aliphatic carbocycles. The van der Waals surface area contributed by atoms with Crippen LogP contribution in [0.1, 0.15) is 47.9 Å². The summed E-state index contributed by atoms with van der Waals surface area (Å²) in [6.07, 6.45) is 5.90. The summed E-state index contributed by atoms with van der Waals surface area (Å²) >= 11 is 0. The zero-order valence-corrected chi connectivity index (χ0v) is 20.1. The van der Waals surface area contributed by atoms with Gasteiger partial charge in [-0.25, -0.2) is 0 Å². The molecule has 0 radical (unpaired) electrons. The summed E-state index contributed by atoms with van der Waals surface area (Å²) in [5.74, 6) is 1.53. The molecule has 4 nitrogen and oxygen atoms in total. The number of hydrogen-bond donors (Lipinski definition) is 0. The second kappa shape index (κ2) is 6.84. The van der Waals surface area contributed by atoms with E-state index in [2.05, 4.69) is 61.3 Å². The van der Waals surface area contributed by atoms with Crippen molar-refractivity contribution in [2.24, 2.45) is 11.3 Å². The lowest BCUT2D eigenvalue weighted by Crippen LogP contribution is -2.81. The van der Waals surface area contributed by atoms with E-state index in [9.17, 15) is 0 Å². The van der Waals surface area contributed by atoms with Crippen molar-refractivity contribution in [2.75, 3.05) is 27.3 Å². The van der Waals surface area contributed by atoms with Crippen LogP contribution >= 0.6 is 0 Å². The number of piperidine rings is 1. The fourth-order valence-electron chi connectivity index (χ4n) is 9.07. The molecule has 4 fully saturated rings. The van der Waals surface area contributed by atoms with E-state index in [1.807, 2.05) is 7.11 Å². The second-order valence-corrected chi connectivity index (χ2v) is 11.4. The largest absolute Gasteiger partial charge is 0.486 e. The molecule has 2 aromatic carbocycles. The summed E-state index contributed by atoms with van der Waals surface area (Å²) in [6, 6.07) is 15.8. The van der Waals surface area contributed by atoms with E-state index < -0.39 is 0 Å². The Kier molecular flexibility index (Phi) is 4.25. The lowest BCUT2D eigenvalue weighted by Gasteiger charge is -2.73. The molecule has 3 saturated carbocycles. The number of rotatable bonds is 5. The Balaban J connectivity index is 1.32. The third kappa shape index (κ3) is 2.33.